The molecule has 2 heterocycles. The van der Waals surface area contributed by atoms with Crippen LogP contribution in [0, 0.1) is 6.92 Å². The van der Waals surface area contributed by atoms with Crippen LogP contribution in [0.1, 0.15) is 29.4 Å². The molecular weight excluding hydrogens is 390 g/mol. The lowest BCUT2D eigenvalue weighted by atomic mass is 10.1. The molecule has 0 radical (unpaired) electrons. The Morgan fingerprint density at radius 1 is 1.06 bits per heavy atom. The number of urea groups is 1. The third-order valence-corrected chi connectivity index (χ3v) is 5.27. The number of carbonyl (C=O) groups excluding carboxylic acids is 1. The minimum atomic E-state index is -0.304. The Balaban J connectivity index is 1.63. The Bertz CT molecular complexity index is 1240. The van der Waals surface area contributed by atoms with Gasteiger partial charge in [-0.15, -0.1) is 0 Å². The molecule has 2 aromatic carbocycles. The second-order valence-corrected chi connectivity index (χ2v) is 7.63. The molecule has 31 heavy (non-hydrogen) atoms. The molecule has 4 rings (SSSR count). The van der Waals surface area contributed by atoms with Gasteiger partial charge < -0.3 is 19.6 Å². The van der Waals surface area contributed by atoms with Crippen LogP contribution in [0.2, 0.25) is 0 Å². The summed E-state index contributed by atoms with van der Waals surface area (Å²) in [5.74, 6) is 0.643. The van der Waals surface area contributed by atoms with Crippen molar-refractivity contribution < 1.29 is 9.21 Å². The molecule has 2 N–H and O–H groups in total. The molecule has 2 amide bonds. The first-order valence-corrected chi connectivity index (χ1v) is 10.3. The average molecular weight is 415 g/mol. The third kappa shape index (κ3) is 4.86. The van der Waals surface area contributed by atoms with Gasteiger partial charge in [-0.25, -0.2) is 4.79 Å². The minimum Gasteiger partial charge on any atom is -0.467 e. The normalized spacial score (nSPS) is 10.9. The molecule has 2 aromatic heterocycles. The first-order valence-electron chi connectivity index (χ1n) is 10.3. The molecule has 158 valence electrons. The van der Waals surface area contributed by atoms with Crippen molar-refractivity contribution in [1.29, 1.82) is 0 Å². The Labute approximate surface area is 180 Å². The zero-order chi connectivity index (χ0) is 21.8. The second-order valence-electron chi connectivity index (χ2n) is 7.63. The maximum Gasteiger partial charge on any atom is 0.322 e. The fraction of sp³-hybridized carbons (Fsp3) is 0.200. The molecular formula is C25H25N3O3. The Morgan fingerprint density at radius 3 is 2.58 bits per heavy atom. The number of aryl methyl sites for hydroxylation is 2. The number of benzene rings is 2. The van der Waals surface area contributed by atoms with Gasteiger partial charge in [0.05, 0.1) is 19.4 Å². The highest BCUT2D eigenvalue weighted by Crippen LogP contribution is 2.17. The van der Waals surface area contributed by atoms with Crippen LogP contribution < -0.4 is 10.9 Å². The van der Waals surface area contributed by atoms with E-state index in [-0.39, 0.29) is 24.7 Å². The molecule has 0 atom stereocenters. The number of hydrogen-bond donors (Lipinski definition) is 2. The standard InChI is InChI=1S/C25H25N3O3/c1-3-18-8-11-23-19(13-18)14-20(24(29)27-23)15-28(16-22-5-4-12-31-22)25(30)26-21-9-6-17(2)7-10-21/h4-14H,3,15-16H2,1-2H3,(H,26,30)(H,27,29). The van der Waals surface area contributed by atoms with Gasteiger partial charge in [-0.05, 0) is 66.8 Å². The SMILES string of the molecule is CCc1ccc2[nH]c(=O)c(CN(Cc3ccco3)C(=O)Nc3ccc(C)cc3)cc2c1. The van der Waals surface area contributed by atoms with Crippen molar-refractivity contribution in [1.82, 2.24) is 9.88 Å². The van der Waals surface area contributed by atoms with Gasteiger partial charge in [0, 0.05) is 16.8 Å². The molecule has 0 unspecified atom stereocenters. The van der Waals surface area contributed by atoms with Gasteiger partial charge in [-0.1, -0.05) is 30.7 Å². The highest BCUT2D eigenvalue weighted by Gasteiger charge is 2.18. The van der Waals surface area contributed by atoms with Gasteiger partial charge >= 0.3 is 6.03 Å². The highest BCUT2D eigenvalue weighted by atomic mass is 16.3. The van der Waals surface area contributed by atoms with E-state index in [2.05, 4.69) is 23.3 Å². The van der Waals surface area contributed by atoms with Crippen LogP contribution in [-0.2, 0) is 19.5 Å². The predicted molar refractivity (Wildman–Crippen MR) is 122 cm³/mol. The number of fused-ring (bicyclic) bond motifs is 1. The number of aromatic nitrogens is 1. The average Bonchev–Trinajstić information content (AvgIpc) is 3.28. The summed E-state index contributed by atoms with van der Waals surface area (Å²) >= 11 is 0. The van der Waals surface area contributed by atoms with E-state index in [0.717, 1.165) is 22.9 Å². The number of anilines is 1. The van der Waals surface area contributed by atoms with Crippen molar-refractivity contribution in [3.8, 4) is 0 Å². The number of nitrogens with zero attached hydrogens (tertiary/aromatic N) is 1. The largest absolute Gasteiger partial charge is 0.467 e. The number of furan rings is 1. The van der Waals surface area contributed by atoms with E-state index in [1.165, 1.54) is 5.56 Å². The minimum absolute atomic E-state index is 0.153. The number of nitrogens with one attached hydrogen (secondary N) is 2. The van der Waals surface area contributed by atoms with Gasteiger partial charge in [0.1, 0.15) is 5.76 Å². The van der Waals surface area contributed by atoms with E-state index in [4.69, 9.17) is 4.42 Å². The van der Waals surface area contributed by atoms with E-state index in [0.29, 0.717) is 17.0 Å². The smallest absolute Gasteiger partial charge is 0.322 e. The molecule has 6 heteroatoms. The fourth-order valence-electron chi connectivity index (χ4n) is 3.47. The van der Waals surface area contributed by atoms with Crippen LogP contribution in [0.5, 0.6) is 0 Å². The van der Waals surface area contributed by atoms with Gasteiger partial charge in [-0.2, -0.15) is 0 Å². The van der Waals surface area contributed by atoms with Crippen LogP contribution in [0.25, 0.3) is 10.9 Å². The van der Waals surface area contributed by atoms with Gasteiger partial charge in [0.15, 0.2) is 0 Å². The van der Waals surface area contributed by atoms with Gasteiger partial charge in [-0.3, -0.25) is 4.79 Å². The Kier molecular flexibility index (Phi) is 5.89. The van der Waals surface area contributed by atoms with E-state index in [1.807, 2.05) is 55.5 Å². The topological polar surface area (TPSA) is 78.3 Å². The Morgan fingerprint density at radius 2 is 1.87 bits per heavy atom. The van der Waals surface area contributed by atoms with Crippen molar-refractivity contribution in [3.63, 3.8) is 0 Å². The molecule has 0 spiro atoms. The molecule has 0 saturated carbocycles. The van der Waals surface area contributed by atoms with Crippen molar-refractivity contribution >= 4 is 22.6 Å². The molecule has 0 aliphatic heterocycles. The molecule has 0 saturated heterocycles. The van der Waals surface area contributed by atoms with Crippen molar-refractivity contribution in [2.24, 2.45) is 0 Å². The van der Waals surface area contributed by atoms with E-state index in [9.17, 15) is 9.59 Å². The van der Waals surface area contributed by atoms with Crippen molar-refractivity contribution in [2.75, 3.05) is 5.32 Å². The Hall–Kier alpha value is -3.80. The van der Waals surface area contributed by atoms with E-state index in [1.54, 1.807) is 17.2 Å². The second kappa shape index (κ2) is 8.92. The zero-order valence-corrected chi connectivity index (χ0v) is 17.6. The predicted octanol–water partition coefficient (Wildman–Crippen LogP) is 5.23. The van der Waals surface area contributed by atoms with Crippen LogP contribution in [0.15, 0.2) is 76.1 Å². The summed E-state index contributed by atoms with van der Waals surface area (Å²) in [5, 5.41) is 3.86. The molecule has 0 fully saturated rings. The third-order valence-electron chi connectivity index (χ3n) is 5.27. The molecule has 6 nitrogen and oxygen atoms in total. The summed E-state index contributed by atoms with van der Waals surface area (Å²) in [5.41, 5.74) is 4.10. The number of rotatable bonds is 6. The van der Waals surface area contributed by atoms with Gasteiger partial charge in [0.25, 0.3) is 5.56 Å². The van der Waals surface area contributed by atoms with Crippen LogP contribution in [0.3, 0.4) is 0 Å². The molecule has 0 bridgehead atoms. The van der Waals surface area contributed by atoms with Crippen LogP contribution in [0.4, 0.5) is 10.5 Å². The number of carbonyl (C=O) groups is 1. The van der Waals surface area contributed by atoms with Crippen molar-refractivity contribution in [3.05, 3.63) is 99.7 Å². The summed E-state index contributed by atoms with van der Waals surface area (Å²) in [4.78, 5) is 30.3. The van der Waals surface area contributed by atoms with Gasteiger partial charge in [0.2, 0.25) is 0 Å². The summed E-state index contributed by atoms with van der Waals surface area (Å²) in [6.45, 7) is 4.48. The number of pyridine rings is 1. The van der Waals surface area contributed by atoms with Crippen LogP contribution in [-0.4, -0.2) is 15.9 Å². The van der Waals surface area contributed by atoms with E-state index < -0.39 is 0 Å². The summed E-state index contributed by atoms with van der Waals surface area (Å²) in [6, 6.07) is 18.7. The lowest BCUT2D eigenvalue weighted by Gasteiger charge is -2.22. The number of hydrogen-bond acceptors (Lipinski definition) is 3. The first-order chi connectivity index (χ1) is 15.0. The molecule has 0 aliphatic carbocycles. The lowest BCUT2D eigenvalue weighted by molar-refractivity contribution is 0.201. The highest BCUT2D eigenvalue weighted by molar-refractivity contribution is 5.89. The molecule has 0 aliphatic rings. The fourth-order valence-corrected chi connectivity index (χ4v) is 3.47. The number of amides is 2. The lowest BCUT2D eigenvalue weighted by Crippen LogP contribution is -2.35. The zero-order valence-electron chi connectivity index (χ0n) is 17.6. The monoisotopic (exact) mass is 415 g/mol. The number of aromatic amines is 1. The van der Waals surface area contributed by atoms with Crippen molar-refractivity contribution in [2.45, 2.75) is 33.4 Å². The maximum atomic E-state index is 13.1. The summed E-state index contributed by atoms with van der Waals surface area (Å²) in [6.07, 6.45) is 2.48. The quantitative estimate of drug-likeness (QED) is 0.453. The number of H-pyrrole nitrogens is 1. The van der Waals surface area contributed by atoms with Crippen LogP contribution >= 0.6 is 0 Å². The first kappa shape index (κ1) is 20.5. The summed E-state index contributed by atoms with van der Waals surface area (Å²) < 4.78 is 5.44. The molecule has 4 aromatic rings. The van der Waals surface area contributed by atoms with E-state index >= 15 is 0 Å². The summed E-state index contributed by atoms with van der Waals surface area (Å²) in [7, 11) is 0. The maximum absolute atomic E-state index is 13.1.